The van der Waals surface area contributed by atoms with Crippen molar-refractivity contribution >= 4 is 33.7 Å². The summed E-state index contributed by atoms with van der Waals surface area (Å²) in [7, 11) is 0. The second-order valence-corrected chi connectivity index (χ2v) is 6.14. The van der Waals surface area contributed by atoms with Crippen LogP contribution in [-0.2, 0) is 9.59 Å². The molecule has 0 heterocycles. The Bertz CT molecular complexity index is 371. The largest absolute Gasteiger partial charge is 0.281 e. The number of carbonyl (C=O) groups is 2. The molecule has 0 aromatic rings. The van der Waals surface area contributed by atoms with Crippen LogP contribution in [0.4, 0.5) is 0 Å². The van der Waals surface area contributed by atoms with Gasteiger partial charge in [-0.2, -0.15) is 0 Å². The van der Waals surface area contributed by atoms with Gasteiger partial charge in [-0.05, 0) is 59.7 Å². The van der Waals surface area contributed by atoms with E-state index in [1.54, 1.807) is 0 Å². The Balaban J connectivity index is 2.17. The molecule has 1 saturated carbocycles. The molecule has 0 aromatic heterocycles. The summed E-state index contributed by atoms with van der Waals surface area (Å²) in [6, 6.07) is 0. The molecule has 0 saturated heterocycles. The third-order valence-electron chi connectivity index (χ3n) is 4.26. The van der Waals surface area contributed by atoms with Gasteiger partial charge in [0, 0.05) is 12.8 Å². The normalized spacial score (nSPS) is 29.2. The summed E-state index contributed by atoms with van der Waals surface area (Å²) >= 11 is 11.0. The van der Waals surface area contributed by atoms with Crippen LogP contribution in [0.5, 0.6) is 0 Å². The Morgan fingerprint density at radius 3 is 2.41 bits per heavy atom. The van der Waals surface area contributed by atoms with Gasteiger partial charge in [-0.15, -0.1) is 0 Å². The Labute approximate surface area is 111 Å². The number of halogens is 2. The number of rotatable bonds is 5. The molecule has 0 amide bonds. The lowest BCUT2D eigenvalue weighted by molar-refractivity contribution is -0.124. The Kier molecular flexibility index (Phi) is 3.65. The second kappa shape index (κ2) is 4.74. The zero-order valence-corrected chi connectivity index (χ0v) is 11.4. The van der Waals surface area contributed by atoms with E-state index < -0.39 is 0 Å². The minimum Gasteiger partial charge on any atom is -0.281 e. The number of fused-ring (bicyclic) bond motifs is 1. The van der Waals surface area contributed by atoms with Crippen LogP contribution >= 0.6 is 23.2 Å². The summed E-state index contributed by atoms with van der Waals surface area (Å²) in [4.78, 5) is 22.3. The molecule has 17 heavy (non-hydrogen) atoms. The molecule has 1 fully saturated rings. The number of hydrogen-bond acceptors (Lipinski definition) is 2. The third-order valence-corrected chi connectivity index (χ3v) is 4.53. The molecule has 0 spiro atoms. The van der Waals surface area contributed by atoms with Crippen LogP contribution in [0.3, 0.4) is 0 Å². The van der Waals surface area contributed by atoms with E-state index in [9.17, 15) is 9.59 Å². The quantitative estimate of drug-likeness (QED) is 0.566. The molecule has 0 bridgehead atoms. The first kappa shape index (κ1) is 13.1. The SMILES string of the molecule is CCC1=C[C@@H]2[C@H](C1)CC2(CC(=O)Cl)CC(=O)Cl. The van der Waals surface area contributed by atoms with Gasteiger partial charge in [-0.3, -0.25) is 9.59 Å². The first-order valence-electron chi connectivity index (χ1n) is 6.03. The highest BCUT2D eigenvalue weighted by Crippen LogP contribution is 2.62. The highest BCUT2D eigenvalue weighted by molar-refractivity contribution is 6.64. The van der Waals surface area contributed by atoms with Crippen molar-refractivity contribution in [3.8, 4) is 0 Å². The molecule has 0 aromatic carbocycles. The summed E-state index contributed by atoms with van der Waals surface area (Å²) in [5.41, 5.74) is 1.14. The van der Waals surface area contributed by atoms with Crippen LogP contribution < -0.4 is 0 Å². The zero-order valence-electron chi connectivity index (χ0n) is 9.84. The molecule has 0 aliphatic heterocycles. The molecule has 94 valence electrons. The molecule has 0 N–H and O–H groups in total. The molecule has 0 unspecified atom stereocenters. The average molecular weight is 275 g/mol. The molecular formula is C13H16Cl2O2. The van der Waals surface area contributed by atoms with Gasteiger partial charge in [0.1, 0.15) is 0 Å². The fourth-order valence-electron chi connectivity index (χ4n) is 3.55. The predicted molar refractivity (Wildman–Crippen MR) is 68.0 cm³/mol. The van der Waals surface area contributed by atoms with Gasteiger partial charge in [-0.25, -0.2) is 0 Å². The van der Waals surface area contributed by atoms with Crippen LogP contribution in [-0.4, -0.2) is 10.5 Å². The maximum absolute atomic E-state index is 11.2. The zero-order chi connectivity index (χ0) is 12.6. The first-order valence-corrected chi connectivity index (χ1v) is 6.78. The minimum absolute atomic E-state index is 0.266. The summed E-state index contributed by atoms with van der Waals surface area (Å²) in [5.74, 6) is 0.917. The number of hydrogen-bond donors (Lipinski definition) is 0. The lowest BCUT2D eigenvalue weighted by Gasteiger charge is -2.51. The highest BCUT2D eigenvalue weighted by Gasteiger charge is 2.55. The van der Waals surface area contributed by atoms with Gasteiger partial charge in [0.15, 0.2) is 0 Å². The van der Waals surface area contributed by atoms with Crippen LogP contribution in [0.2, 0.25) is 0 Å². The van der Waals surface area contributed by atoms with Crippen molar-refractivity contribution in [3.05, 3.63) is 11.6 Å². The Morgan fingerprint density at radius 2 is 1.94 bits per heavy atom. The third kappa shape index (κ3) is 2.43. The van der Waals surface area contributed by atoms with Crippen LogP contribution in [0, 0.1) is 17.3 Å². The predicted octanol–water partition coefficient (Wildman–Crippen LogP) is 3.66. The van der Waals surface area contributed by atoms with E-state index in [0.717, 1.165) is 19.3 Å². The van der Waals surface area contributed by atoms with E-state index in [0.29, 0.717) is 11.8 Å². The topological polar surface area (TPSA) is 34.1 Å². The van der Waals surface area contributed by atoms with Gasteiger partial charge in [-0.1, -0.05) is 18.6 Å². The Morgan fingerprint density at radius 1 is 1.35 bits per heavy atom. The van der Waals surface area contributed by atoms with Crippen molar-refractivity contribution in [2.75, 3.05) is 0 Å². The minimum atomic E-state index is -0.361. The maximum Gasteiger partial charge on any atom is 0.222 e. The van der Waals surface area contributed by atoms with Crippen molar-refractivity contribution in [1.29, 1.82) is 0 Å². The lowest BCUT2D eigenvalue weighted by Crippen LogP contribution is -2.47. The van der Waals surface area contributed by atoms with E-state index in [-0.39, 0.29) is 28.7 Å². The number of allylic oxidation sites excluding steroid dienone is 2. The van der Waals surface area contributed by atoms with Crippen molar-refractivity contribution in [3.63, 3.8) is 0 Å². The standard InChI is InChI=1S/C13H16Cl2O2/c1-2-8-3-9-5-13(6-11(14)16,7-12(15)17)10(9)4-8/h4,9-10H,2-3,5-7H2,1H3/t9-,10-/m1/s1. The molecule has 2 rings (SSSR count). The van der Waals surface area contributed by atoms with E-state index >= 15 is 0 Å². The van der Waals surface area contributed by atoms with Gasteiger partial charge in [0.25, 0.3) is 0 Å². The fourth-order valence-corrected chi connectivity index (χ4v) is 4.09. The average Bonchev–Trinajstić information content (AvgIpc) is 2.54. The van der Waals surface area contributed by atoms with Crippen molar-refractivity contribution in [2.24, 2.45) is 17.3 Å². The van der Waals surface area contributed by atoms with Crippen LogP contribution in [0.15, 0.2) is 11.6 Å². The van der Waals surface area contributed by atoms with E-state index in [2.05, 4.69) is 13.0 Å². The van der Waals surface area contributed by atoms with Gasteiger partial charge >= 0.3 is 0 Å². The van der Waals surface area contributed by atoms with Crippen LogP contribution in [0.25, 0.3) is 0 Å². The van der Waals surface area contributed by atoms with E-state index in [4.69, 9.17) is 23.2 Å². The smallest absolute Gasteiger partial charge is 0.222 e. The van der Waals surface area contributed by atoms with Crippen LogP contribution in [0.1, 0.15) is 39.0 Å². The van der Waals surface area contributed by atoms with Gasteiger partial charge in [0.2, 0.25) is 10.5 Å². The second-order valence-electron chi connectivity index (χ2n) is 5.30. The molecule has 2 aliphatic carbocycles. The lowest BCUT2D eigenvalue weighted by atomic mass is 9.52. The monoisotopic (exact) mass is 274 g/mol. The van der Waals surface area contributed by atoms with Crippen molar-refractivity contribution < 1.29 is 9.59 Å². The summed E-state index contributed by atoms with van der Waals surface area (Å²) in [5, 5.41) is -0.723. The first-order chi connectivity index (χ1) is 7.97. The molecule has 2 aliphatic rings. The summed E-state index contributed by atoms with van der Waals surface area (Å²) in [6.45, 7) is 2.14. The summed E-state index contributed by atoms with van der Waals surface area (Å²) in [6.07, 6.45) is 5.83. The fraction of sp³-hybridized carbons (Fsp3) is 0.692. The molecule has 0 radical (unpaired) electrons. The molecule has 4 heteroatoms. The van der Waals surface area contributed by atoms with E-state index in [1.807, 2.05) is 0 Å². The van der Waals surface area contributed by atoms with Crippen molar-refractivity contribution in [2.45, 2.75) is 39.0 Å². The van der Waals surface area contributed by atoms with Gasteiger partial charge in [0.05, 0.1) is 0 Å². The maximum atomic E-state index is 11.2. The number of carbonyl (C=O) groups excluding carboxylic acids is 2. The molecule has 2 atom stereocenters. The van der Waals surface area contributed by atoms with Gasteiger partial charge < -0.3 is 0 Å². The highest BCUT2D eigenvalue weighted by atomic mass is 35.5. The molecular weight excluding hydrogens is 259 g/mol. The van der Waals surface area contributed by atoms with E-state index in [1.165, 1.54) is 5.57 Å². The molecule has 2 nitrogen and oxygen atoms in total. The summed E-state index contributed by atoms with van der Waals surface area (Å²) < 4.78 is 0. The van der Waals surface area contributed by atoms with Crippen molar-refractivity contribution in [1.82, 2.24) is 0 Å². The Hall–Kier alpha value is -0.340.